The van der Waals surface area contributed by atoms with Crippen LogP contribution >= 0.6 is 0 Å². The molecule has 2 aromatic carbocycles. The first kappa shape index (κ1) is 16.0. The molecule has 0 radical (unpaired) electrons. The molecule has 0 aromatic heterocycles. The maximum Gasteiger partial charge on any atom is 0.126 e. The molecular weight excluding hydrogens is 289 g/mol. The molecule has 23 heavy (non-hydrogen) atoms. The third-order valence-corrected chi connectivity index (χ3v) is 4.39. The summed E-state index contributed by atoms with van der Waals surface area (Å²) in [6.07, 6.45) is 6.04. The van der Waals surface area contributed by atoms with Crippen LogP contribution < -0.4 is 10.1 Å². The van der Waals surface area contributed by atoms with Crippen LogP contribution in [0.1, 0.15) is 36.8 Å². The van der Waals surface area contributed by atoms with Crippen LogP contribution in [0.5, 0.6) is 5.75 Å². The lowest BCUT2D eigenvalue weighted by atomic mass is 10.1. The van der Waals surface area contributed by atoms with Crippen molar-refractivity contribution in [1.82, 2.24) is 5.32 Å². The van der Waals surface area contributed by atoms with Gasteiger partial charge in [0.25, 0.3) is 0 Å². The van der Waals surface area contributed by atoms with Crippen molar-refractivity contribution in [1.29, 1.82) is 0 Å². The number of benzene rings is 2. The molecule has 1 aliphatic carbocycles. The molecule has 0 aliphatic heterocycles. The summed E-state index contributed by atoms with van der Waals surface area (Å²) < 4.78 is 19.5. The highest BCUT2D eigenvalue weighted by Gasteiger charge is 2.16. The second kappa shape index (κ2) is 8.11. The number of nitrogens with one attached hydrogen (secondary N) is 1. The van der Waals surface area contributed by atoms with Crippen LogP contribution in [0.2, 0.25) is 0 Å². The Hall–Kier alpha value is -1.87. The maximum atomic E-state index is 13.5. The Morgan fingerprint density at radius 2 is 1.74 bits per heavy atom. The Labute approximate surface area is 137 Å². The summed E-state index contributed by atoms with van der Waals surface area (Å²) in [7, 11) is 0. The molecule has 0 atom stereocenters. The summed E-state index contributed by atoms with van der Waals surface area (Å²) in [5, 5.41) is 3.36. The number of ether oxygens (including phenoxy) is 1. The average Bonchev–Trinajstić information content (AvgIpc) is 3.08. The second-order valence-corrected chi connectivity index (χ2v) is 6.19. The summed E-state index contributed by atoms with van der Waals surface area (Å²) in [4.78, 5) is 0. The van der Waals surface area contributed by atoms with Gasteiger partial charge in [0.15, 0.2) is 0 Å². The van der Waals surface area contributed by atoms with Crippen LogP contribution in [0.15, 0.2) is 48.5 Å². The third-order valence-electron chi connectivity index (χ3n) is 4.39. The predicted octanol–water partition coefficient (Wildman–Crippen LogP) is 4.48. The van der Waals surface area contributed by atoms with Gasteiger partial charge in [0.1, 0.15) is 11.6 Å². The smallest absolute Gasteiger partial charge is 0.126 e. The summed E-state index contributed by atoms with van der Waals surface area (Å²) in [5.41, 5.74) is 1.98. The predicted molar refractivity (Wildman–Crippen MR) is 91.1 cm³/mol. The van der Waals surface area contributed by atoms with E-state index in [9.17, 15) is 4.39 Å². The van der Waals surface area contributed by atoms with Crippen LogP contribution in [0.25, 0.3) is 0 Å². The molecule has 1 saturated carbocycles. The van der Waals surface area contributed by atoms with Gasteiger partial charge in [-0.05, 0) is 68.0 Å². The van der Waals surface area contributed by atoms with Crippen LogP contribution in [0.4, 0.5) is 4.39 Å². The SMILES string of the molecule is Fc1ccccc1CCNCc1ccc(OC2CCCC2)cc1. The normalized spacial score (nSPS) is 15.0. The number of halogens is 1. The second-order valence-electron chi connectivity index (χ2n) is 6.19. The molecular formula is C20H24FNO. The van der Waals surface area contributed by atoms with E-state index in [1.165, 1.54) is 37.3 Å². The van der Waals surface area contributed by atoms with E-state index < -0.39 is 0 Å². The van der Waals surface area contributed by atoms with E-state index in [1.54, 1.807) is 6.07 Å². The molecule has 1 N–H and O–H groups in total. The lowest BCUT2D eigenvalue weighted by Gasteiger charge is -2.13. The first-order valence-electron chi connectivity index (χ1n) is 8.51. The third kappa shape index (κ3) is 4.80. The standard InChI is InChI=1S/C20H24FNO/c21-20-8-4-1-5-17(20)13-14-22-15-16-9-11-19(12-10-16)23-18-6-2-3-7-18/h1,4-5,8-12,18,22H,2-3,6-7,13-15H2. The van der Waals surface area contributed by atoms with E-state index in [-0.39, 0.29) is 5.82 Å². The average molecular weight is 313 g/mol. The van der Waals surface area contributed by atoms with E-state index >= 15 is 0 Å². The summed E-state index contributed by atoms with van der Waals surface area (Å²) in [5.74, 6) is 0.842. The van der Waals surface area contributed by atoms with E-state index in [4.69, 9.17) is 4.74 Å². The molecule has 3 rings (SSSR count). The van der Waals surface area contributed by atoms with E-state index in [0.29, 0.717) is 12.5 Å². The molecule has 1 aliphatic rings. The quantitative estimate of drug-likeness (QED) is 0.761. The first-order chi connectivity index (χ1) is 11.3. The highest BCUT2D eigenvalue weighted by molar-refractivity contribution is 5.27. The Morgan fingerprint density at radius 3 is 2.48 bits per heavy atom. The van der Waals surface area contributed by atoms with Gasteiger partial charge < -0.3 is 10.1 Å². The number of hydrogen-bond donors (Lipinski definition) is 1. The molecule has 0 spiro atoms. The van der Waals surface area contributed by atoms with Crippen LogP contribution in [0.3, 0.4) is 0 Å². The molecule has 0 bridgehead atoms. The Kier molecular flexibility index (Phi) is 5.65. The molecule has 0 amide bonds. The van der Waals surface area contributed by atoms with Gasteiger partial charge in [0, 0.05) is 6.54 Å². The molecule has 2 nitrogen and oxygen atoms in total. The van der Waals surface area contributed by atoms with Gasteiger partial charge in [0.05, 0.1) is 6.10 Å². The van der Waals surface area contributed by atoms with Gasteiger partial charge in [0.2, 0.25) is 0 Å². The van der Waals surface area contributed by atoms with E-state index in [2.05, 4.69) is 17.4 Å². The Balaban J connectivity index is 1.41. The minimum Gasteiger partial charge on any atom is -0.490 e. The summed E-state index contributed by atoms with van der Waals surface area (Å²) >= 11 is 0. The van der Waals surface area contributed by atoms with Crippen LogP contribution in [-0.2, 0) is 13.0 Å². The molecule has 122 valence electrons. The minimum absolute atomic E-state index is 0.122. The monoisotopic (exact) mass is 313 g/mol. The van der Waals surface area contributed by atoms with Crippen molar-refractivity contribution in [3.05, 3.63) is 65.5 Å². The topological polar surface area (TPSA) is 21.3 Å². The summed E-state index contributed by atoms with van der Waals surface area (Å²) in [6.45, 7) is 1.55. The van der Waals surface area contributed by atoms with Gasteiger partial charge in [-0.25, -0.2) is 4.39 Å². The zero-order valence-corrected chi connectivity index (χ0v) is 13.4. The van der Waals surface area contributed by atoms with Crippen molar-refractivity contribution >= 4 is 0 Å². The van der Waals surface area contributed by atoms with E-state index in [0.717, 1.165) is 24.4 Å². The number of rotatable bonds is 7. The van der Waals surface area contributed by atoms with Gasteiger partial charge in [-0.3, -0.25) is 0 Å². The largest absolute Gasteiger partial charge is 0.490 e. The molecule has 0 heterocycles. The van der Waals surface area contributed by atoms with Crippen molar-refractivity contribution < 1.29 is 9.13 Å². The number of hydrogen-bond acceptors (Lipinski definition) is 2. The van der Waals surface area contributed by atoms with Crippen molar-refractivity contribution in [3.63, 3.8) is 0 Å². The molecule has 2 aromatic rings. The Bertz CT molecular complexity index is 605. The van der Waals surface area contributed by atoms with E-state index in [1.807, 2.05) is 24.3 Å². The fourth-order valence-electron chi connectivity index (χ4n) is 3.04. The zero-order chi connectivity index (χ0) is 15.9. The van der Waals surface area contributed by atoms with Crippen LogP contribution in [0, 0.1) is 5.82 Å². The van der Waals surface area contributed by atoms with Crippen molar-refractivity contribution in [2.24, 2.45) is 0 Å². The maximum absolute atomic E-state index is 13.5. The van der Waals surface area contributed by atoms with Gasteiger partial charge >= 0.3 is 0 Å². The molecule has 0 unspecified atom stereocenters. The van der Waals surface area contributed by atoms with Gasteiger partial charge in [-0.2, -0.15) is 0 Å². The summed E-state index contributed by atoms with van der Waals surface area (Å²) in [6, 6.07) is 15.2. The Morgan fingerprint density at radius 1 is 1.00 bits per heavy atom. The van der Waals surface area contributed by atoms with Crippen molar-refractivity contribution in [2.75, 3.05) is 6.54 Å². The minimum atomic E-state index is -0.122. The highest BCUT2D eigenvalue weighted by Crippen LogP contribution is 2.24. The fraction of sp³-hybridized carbons (Fsp3) is 0.400. The molecule has 0 saturated heterocycles. The highest BCUT2D eigenvalue weighted by atomic mass is 19.1. The lowest BCUT2D eigenvalue weighted by molar-refractivity contribution is 0.210. The molecule has 3 heteroatoms. The van der Waals surface area contributed by atoms with Crippen molar-refractivity contribution in [3.8, 4) is 5.75 Å². The fourth-order valence-corrected chi connectivity index (χ4v) is 3.04. The van der Waals surface area contributed by atoms with Crippen molar-refractivity contribution in [2.45, 2.75) is 44.8 Å². The molecule has 1 fully saturated rings. The zero-order valence-electron chi connectivity index (χ0n) is 13.4. The lowest BCUT2D eigenvalue weighted by Crippen LogP contribution is -2.17. The van der Waals surface area contributed by atoms with Gasteiger partial charge in [-0.1, -0.05) is 30.3 Å². The van der Waals surface area contributed by atoms with Gasteiger partial charge in [-0.15, -0.1) is 0 Å². The first-order valence-corrected chi connectivity index (χ1v) is 8.51. The van der Waals surface area contributed by atoms with Crippen LogP contribution in [-0.4, -0.2) is 12.6 Å².